The number of carbonyl (C=O) groups is 2. The molecule has 0 aliphatic heterocycles. The van der Waals surface area contributed by atoms with E-state index in [1.165, 1.54) is 13.0 Å². The van der Waals surface area contributed by atoms with Crippen LogP contribution in [0.5, 0.6) is 0 Å². The lowest BCUT2D eigenvalue weighted by atomic mass is 10.1. The first-order chi connectivity index (χ1) is 16.3. The molecule has 0 bridgehead atoms. The Labute approximate surface area is 205 Å². The molecule has 1 aromatic heterocycles. The smallest absolute Gasteiger partial charge is 0.237 e. The second-order valence-electron chi connectivity index (χ2n) is 7.46. The van der Waals surface area contributed by atoms with E-state index in [1.807, 2.05) is 6.07 Å². The molecule has 4 rings (SSSR count). The number of amides is 1. The molecule has 9 heteroatoms. The number of nitrogens with one attached hydrogen (secondary N) is 1. The number of hydrogen-bond acceptors (Lipinski definition) is 5. The summed E-state index contributed by atoms with van der Waals surface area (Å²) >= 11 is 7.52. The van der Waals surface area contributed by atoms with Gasteiger partial charge >= 0.3 is 0 Å². The molecule has 0 saturated carbocycles. The zero-order valence-electron chi connectivity index (χ0n) is 18.3. The number of ketones is 1. The SMILES string of the molecule is CC(=O)c1ccc(NC(=O)C(C)Sc2nnc(-c3ccccc3Cl)n2-c2ccccc2F)cc1. The lowest BCUT2D eigenvalue weighted by molar-refractivity contribution is -0.115. The number of halogens is 2. The molecule has 1 unspecified atom stereocenters. The number of rotatable bonds is 7. The zero-order valence-corrected chi connectivity index (χ0v) is 19.9. The van der Waals surface area contributed by atoms with Crippen LogP contribution in [0.15, 0.2) is 78.0 Å². The molecule has 0 fully saturated rings. The molecule has 1 N–H and O–H groups in total. The molecule has 34 heavy (non-hydrogen) atoms. The van der Waals surface area contributed by atoms with Gasteiger partial charge in [0.2, 0.25) is 5.91 Å². The summed E-state index contributed by atoms with van der Waals surface area (Å²) in [5, 5.41) is 11.5. The minimum Gasteiger partial charge on any atom is -0.325 e. The maximum atomic E-state index is 14.8. The van der Waals surface area contributed by atoms with Crippen molar-refractivity contribution in [2.75, 3.05) is 5.32 Å². The summed E-state index contributed by atoms with van der Waals surface area (Å²) in [5.74, 6) is -0.419. The van der Waals surface area contributed by atoms with Gasteiger partial charge in [0.15, 0.2) is 16.8 Å². The van der Waals surface area contributed by atoms with Gasteiger partial charge < -0.3 is 5.32 Å². The first-order valence-electron chi connectivity index (χ1n) is 10.4. The number of hydrogen-bond donors (Lipinski definition) is 1. The maximum Gasteiger partial charge on any atom is 0.237 e. The quantitative estimate of drug-likeness (QED) is 0.250. The third-order valence-corrected chi connectivity index (χ3v) is 6.42. The first-order valence-corrected chi connectivity index (χ1v) is 11.6. The van der Waals surface area contributed by atoms with Crippen LogP contribution in [0.3, 0.4) is 0 Å². The highest BCUT2D eigenvalue weighted by molar-refractivity contribution is 8.00. The number of benzene rings is 3. The lowest BCUT2D eigenvalue weighted by Crippen LogP contribution is -2.23. The van der Waals surface area contributed by atoms with Crippen molar-refractivity contribution in [3.8, 4) is 17.1 Å². The normalized spacial score (nSPS) is 11.8. The van der Waals surface area contributed by atoms with Crippen molar-refractivity contribution in [3.63, 3.8) is 0 Å². The Bertz CT molecular complexity index is 1360. The third-order valence-electron chi connectivity index (χ3n) is 5.05. The van der Waals surface area contributed by atoms with Crippen molar-refractivity contribution < 1.29 is 14.0 Å². The number of thioether (sulfide) groups is 1. The fourth-order valence-corrected chi connectivity index (χ4v) is 4.34. The fraction of sp³-hybridized carbons (Fsp3) is 0.120. The average Bonchev–Trinajstić information content (AvgIpc) is 3.22. The summed E-state index contributed by atoms with van der Waals surface area (Å²) in [4.78, 5) is 24.3. The standard InChI is InChI=1S/C25H20ClFN4O2S/c1-15(32)17-11-13-18(14-12-17)28-24(33)16(2)34-25-30-29-23(19-7-3-4-8-20(19)26)31(25)22-10-6-5-9-21(22)27/h3-14,16H,1-2H3,(H,28,33). The van der Waals surface area contributed by atoms with Gasteiger partial charge in [0.05, 0.1) is 16.0 Å². The molecular formula is C25H20ClFN4O2S. The van der Waals surface area contributed by atoms with Crippen LogP contribution < -0.4 is 5.32 Å². The van der Waals surface area contributed by atoms with E-state index in [-0.39, 0.29) is 17.4 Å². The summed E-state index contributed by atoms with van der Waals surface area (Å²) in [6.07, 6.45) is 0. The second kappa shape index (κ2) is 10.2. The number of Topliss-reactive ketones (excluding diaryl/α,β-unsaturated/α-hetero) is 1. The van der Waals surface area contributed by atoms with Crippen LogP contribution in [0.1, 0.15) is 24.2 Å². The Hall–Kier alpha value is -3.49. The molecule has 4 aromatic rings. The van der Waals surface area contributed by atoms with Crippen LogP contribution in [0, 0.1) is 5.82 Å². The highest BCUT2D eigenvalue weighted by Gasteiger charge is 2.24. The Morgan fingerprint density at radius 1 is 1.00 bits per heavy atom. The van der Waals surface area contributed by atoms with Crippen LogP contribution >= 0.6 is 23.4 Å². The average molecular weight is 495 g/mol. The minimum absolute atomic E-state index is 0.0522. The number of nitrogens with zero attached hydrogens (tertiary/aromatic N) is 3. The van der Waals surface area contributed by atoms with Crippen LogP contribution in [-0.2, 0) is 4.79 Å². The zero-order chi connectivity index (χ0) is 24.2. The number of carbonyl (C=O) groups excluding carboxylic acids is 2. The van der Waals surface area contributed by atoms with Crippen LogP contribution in [0.25, 0.3) is 17.1 Å². The van der Waals surface area contributed by atoms with Crippen molar-refractivity contribution in [2.45, 2.75) is 24.3 Å². The molecule has 1 heterocycles. The van der Waals surface area contributed by atoms with Crippen LogP contribution in [-0.4, -0.2) is 31.7 Å². The van der Waals surface area contributed by atoms with Crippen molar-refractivity contribution >= 4 is 40.7 Å². The molecule has 0 spiro atoms. The Kier molecular flexibility index (Phi) is 7.09. The Morgan fingerprint density at radius 2 is 1.68 bits per heavy atom. The monoisotopic (exact) mass is 494 g/mol. The van der Waals surface area contributed by atoms with Crippen molar-refractivity contribution in [1.29, 1.82) is 0 Å². The summed E-state index contributed by atoms with van der Waals surface area (Å²) in [6.45, 7) is 3.20. The van der Waals surface area contributed by atoms with Crippen molar-refractivity contribution in [1.82, 2.24) is 14.8 Å². The van der Waals surface area contributed by atoms with Crippen LogP contribution in [0.4, 0.5) is 10.1 Å². The van der Waals surface area contributed by atoms with Gasteiger partial charge in [-0.05, 0) is 62.4 Å². The van der Waals surface area contributed by atoms with E-state index in [2.05, 4.69) is 15.5 Å². The van der Waals surface area contributed by atoms with Gasteiger partial charge in [0.25, 0.3) is 0 Å². The second-order valence-corrected chi connectivity index (χ2v) is 9.17. The van der Waals surface area contributed by atoms with Crippen molar-refractivity contribution in [3.05, 3.63) is 89.2 Å². The van der Waals surface area contributed by atoms with E-state index in [9.17, 15) is 14.0 Å². The van der Waals surface area contributed by atoms with Gasteiger partial charge in [0, 0.05) is 16.8 Å². The largest absolute Gasteiger partial charge is 0.325 e. The summed E-state index contributed by atoms with van der Waals surface area (Å²) in [6, 6.07) is 20.0. The maximum absolute atomic E-state index is 14.8. The molecule has 1 amide bonds. The third kappa shape index (κ3) is 5.03. The number of para-hydroxylation sites is 1. The fourth-order valence-electron chi connectivity index (χ4n) is 3.26. The highest BCUT2D eigenvalue weighted by Crippen LogP contribution is 2.34. The highest BCUT2D eigenvalue weighted by atomic mass is 35.5. The lowest BCUT2D eigenvalue weighted by Gasteiger charge is -2.15. The minimum atomic E-state index is -0.582. The molecule has 3 aromatic carbocycles. The molecular weight excluding hydrogens is 475 g/mol. The van der Waals surface area contributed by atoms with E-state index < -0.39 is 11.1 Å². The summed E-state index contributed by atoms with van der Waals surface area (Å²) < 4.78 is 16.3. The van der Waals surface area contributed by atoms with E-state index in [0.717, 1.165) is 11.8 Å². The molecule has 0 aliphatic rings. The molecule has 0 aliphatic carbocycles. The van der Waals surface area contributed by atoms with E-state index in [0.29, 0.717) is 32.8 Å². The van der Waals surface area contributed by atoms with E-state index in [1.54, 1.807) is 72.2 Å². The van der Waals surface area contributed by atoms with Gasteiger partial charge in [0.1, 0.15) is 5.82 Å². The van der Waals surface area contributed by atoms with E-state index >= 15 is 0 Å². The van der Waals surface area contributed by atoms with Gasteiger partial charge in [-0.3, -0.25) is 14.2 Å². The van der Waals surface area contributed by atoms with E-state index in [4.69, 9.17) is 11.6 Å². The topological polar surface area (TPSA) is 76.9 Å². The Morgan fingerprint density at radius 3 is 2.35 bits per heavy atom. The molecule has 0 saturated heterocycles. The predicted octanol–water partition coefficient (Wildman–Crippen LogP) is 6.05. The van der Waals surface area contributed by atoms with Gasteiger partial charge in [-0.25, -0.2) is 4.39 Å². The van der Waals surface area contributed by atoms with Crippen molar-refractivity contribution in [2.24, 2.45) is 0 Å². The number of aromatic nitrogens is 3. The van der Waals surface area contributed by atoms with Crippen LogP contribution in [0.2, 0.25) is 5.02 Å². The molecule has 1 atom stereocenters. The van der Waals surface area contributed by atoms with Gasteiger partial charge in [-0.2, -0.15) is 0 Å². The van der Waals surface area contributed by atoms with Gasteiger partial charge in [-0.1, -0.05) is 47.6 Å². The summed E-state index contributed by atoms with van der Waals surface area (Å²) in [5.41, 5.74) is 1.96. The molecule has 172 valence electrons. The Balaban J connectivity index is 1.64. The number of anilines is 1. The molecule has 0 radical (unpaired) electrons. The first kappa shape index (κ1) is 23.7. The predicted molar refractivity (Wildman–Crippen MR) is 132 cm³/mol. The summed E-state index contributed by atoms with van der Waals surface area (Å²) in [7, 11) is 0. The molecule has 6 nitrogen and oxygen atoms in total. The van der Waals surface area contributed by atoms with Gasteiger partial charge in [-0.15, -0.1) is 10.2 Å².